The number of anilines is 1. The monoisotopic (exact) mass is 292 g/mol. The first-order valence-electron chi connectivity index (χ1n) is 8.44. The molecule has 1 atom stereocenters. The van der Waals surface area contributed by atoms with E-state index >= 15 is 0 Å². The highest BCUT2D eigenvalue weighted by Crippen LogP contribution is 2.31. The SMILES string of the molecule is Cc1cn(C2CCCCC2)c(NC(CN(C)C)C(C)C)n1. The lowest BCUT2D eigenvalue weighted by Crippen LogP contribution is -2.37. The van der Waals surface area contributed by atoms with Crippen molar-refractivity contribution >= 4 is 5.95 Å². The first kappa shape index (κ1) is 16.3. The van der Waals surface area contributed by atoms with Crippen LogP contribution in [0, 0.1) is 12.8 Å². The number of hydrogen-bond donors (Lipinski definition) is 1. The van der Waals surface area contributed by atoms with Gasteiger partial charge in [-0.25, -0.2) is 4.98 Å². The number of hydrogen-bond acceptors (Lipinski definition) is 3. The van der Waals surface area contributed by atoms with Crippen LogP contribution in [0.1, 0.15) is 57.7 Å². The van der Waals surface area contributed by atoms with Crippen molar-refractivity contribution in [2.24, 2.45) is 5.92 Å². The van der Waals surface area contributed by atoms with E-state index in [2.05, 4.69) is 55.8 Å². The molecule has 1 fully saturated rings. The van der Waals surface area contributed by atoms with Crippen LogP contribution in [0.2, 0.25) is 0 Å². The number of imidazole rings is 1. The Labute approximate surface area is 129 Å². The van der Waals surface area contributed by atoms with Crippen molar-refractivity contribution in [1.82, 2.24) is 14.5 Å². The van der Waals surface area contributed by atoms with E-state index in [0.717, 1.165) is 18.2 Å². The molecule has 0 amide bonds. The number of rotatable bonds is 6. The third kappa shape index (κ3) is 4.47. The Hall–Kier alpha value is -1.03. The summed E-state index contributed by atoms with van der Waals surface area (Å²) in [5, 5.41) is 3.71. The van der Waals surface area contributed by atoms with Crippen LogP contribution in [-0.2, 0) is 0 Å². The van der Waals surface area contributed by atoms with E-state index in [-0.39, 0.29) is 0 Å². The second kappa shape index (κ2) is 7.30. The molecule has 120 valence electrons. The van der Waals surface area contributed by atoms with Gasteiger partial charge in [-0.1, -0.05) is 33.1 Å². The molecule has 0 aliphatic heterocycles. The summed E-state index contributed by atoms with van der Waals surface area (Å²) in [5.74, 6) is 1.66. The number of aryl methyl sites for hydroxylation is 1. The molecule has 4 nitrogen and oxygen atoms in total. The summed E-state index contributed by atoms with van der Waals surface area (Å²) in [6, 6.07) is 1.07. The van der Waals surface area contributed by atoms with Crippen LogP contribution >= 0.6 is 0 Å². The van der Waals surface area contributed by atoms with Gasteiger partial charge in [-0.15, -0.1) is 0 Å². The van der Waals surface area contributed by atoms with Gasteiger partial charge in [-0.05, 0) is 39.8 Å². The van der Waals surface area contributed by atoms with E-state index in [1.165, 1.54) is 32.1 Å². The molecule has 1 aromatic heterocycles. The lowest BCUT2D eigenvalue weighted by atomic mass is 9.95. The summed E-state index contributed by atoms with van der Waals surface area (Å²) in [6.07, 6.45) is 8.92. The number of aromatic nitrogens is 2. The van der Waals surface area contributed by atoms with Gasteiger partial charge in [0.25, 0.3) is 0 Å². The minimum Gasteiger partial charge on any atom is -0.351 e. The van der Waals surface area contributed by atoms with Gasteiger partial charge in [0.2, 0.25) is 5.95 Å². The number of likely N-dealkylation sites (N-methyl/N-ethyl adjacent to an activating group) is 1. The lowest BCUT2D eigenvalue weighted by molar-refractivity contribution is 0.335. The highest BCUT2D eigenvalue weighted by Gasteiger charge is 2.22. The number of nitrogens with one attached hydrogen (secondary N) is 1. The van der Waals surface area contributed by atoms with Gasteiger partial charge in [0.05, 0.1) is 5.69 Å². The van der Waals surface area contributed by atoms with Gasteiger partial charge < -0.3 is 14.8 Å². The third-order valence-corrected chi connectivity index (χ3v) is 4.50. The second-order valence-corrected chi connectivity index (χ2v) is 7.16. The normalized spacial score (nSPS) is 18.4. The van der Waals surface area contributed by atoms with Crippen LogP contribution in [0.3, 0.4) is 0 Å². The predicted octanol–water partition coefficient (Wildman–Crippen LogP) is 3.69. The Morgan fingerprint density at radius 1 is 1.29 bits per heavy atom. The molecule has 0 bridgehead atoms. The maximum absolute atomic E-state index is 4.75. The predicted molar refractivity (Wildman–Crippen MR) is 89.9 cm³/mol. The lowest BCUT2D eigenvalue weighted by Gasteiger charge is -2.29. The maximum atomic E-state index is 4.75. The van der Waals surface area contributed by atoms with E-state index in [4.69, 9.17) is 4.98 Å². The molecular formula is C17H32N4. The molecule has 0 aromatic carbocycles. The minimum absolute atomic E-state index is 0.434. The van der Waals surface area contributed by atoms with Gasteiger partial charge in [-0.2, -0.15) is 0 Å². The quantitative estimate of drug-likeness (QED) is 0.868. The molecule has 0 radical (unpaired) electrons. The van der Waals surface area contributed by atoms with Crippen molar-refractivity contribution in [3.8, 4) is 0 Å². The molecule has 1 heterocycles. The highest BCUT2D eigenvalue weighted by atomic mass is 15.2. The summed E-state index contributed by atoms with van der Waals surface area (Å²) >= 11 is 0. The molecule has 1 N–H and O–H groups in total. The summed E-state index contributed by atoms with van der Waals surface area (Å²) < 4.78 is 2.40. The first-order chi connectivity index (χ1) is 9.97. The van der Waals surface area contributed by atoms with E-state index in [1.54, 1.807) is 0 Å². The van der Waals surface area contributed by atoms with Gasteiger partial charge in [0, 0.05) is 24.8 Å². The molecule has 1 aliphatic carbocycles. The average Bonchev–Trinajstić information content (AvgIpc) is 2.79. The molecule has 2 rings (SSSR count). The minimum atomic E-state index is 0.434. The molecular weight excluding hydrogens is 260 g/mol. The van der Waals surface area contributed by atoms with E-state index in [0.29, 0.717) is 18.0 Å². The van der Waals surface area contributed by atoms with Gasteiger partial charge in [0.1, 0.15) is 0 Å². The summed E-state index contributed by atoms with van der Waals surface area (Å²) in [5.41, 5.74) is 1.12. The molecule has 1 aliphatic rings. The standard InChI is InChI=1S/C17H32N4/c1-13(2)16(12-20(4)5)19-17-18-14(3)11-21(17)15-9-7-6-8-10-15/h11,13,15-16H,6-10,12H2,1-5H3,(H,18,19). The van der Waals surface area contributed by atoms with E-state index < -0.39 is 0 Å². The van der Waals surface area contributed by atoms with Gasteiger partial charge in [0.15, 0.2) is 0 Å². The average molecular weight is 292 g/mol. The summed E-state index contributed by atoms with van der Waals surface area (Å²) in [6.45, 7) is 7.69. The van der Waals surface area contributed by atoms with Crippen LogP contribution in [0.4, 0.5) is 5.95 Å². The van der Waals surface area contributed by atoms with Crippen LogP contribution < -0.4 is 5.32 Å². The van der Waals surface area contributed by atoms with Gasteiger partial charge in [-0.3, -0.25) is 0 Å². The van der Waals surface area contributed by atoms with Crippen LogP contribution in [0.25, 0.3) is 0 Å². The Kier molecular flexibility index (Phi) is 5.68. The molecule has 21 heavy (non-hydrogen) atoms. The van der Waals surface area contributed by atoms with Gasteiger partial charge >= 0.3 is 0 Å². The maximum Gasteiger partial charge on any atom is 0.203 e. The fourth-order valence-corrected chi connectivity index (χ4v) is 3.24. The van der Waals surface area contributed by atoms with Crippen molar-refractivity contribution in [1.29, 1.82) is 0 Å². The second-order valence-electron chi connectivity index (χ2n) is 7.16. The van der Waals surface area contributed by atoms with Crippen molar-refractivity contribution in [2.75, 3.05) is 26.0 Å². The summed E-state index contributed by atoms with van der Waals surface area (Å²) in [7, 11) is 4.27. The van der Waals surface area contributed by atoms with Crippen LogP contribution in [-0.4, -0.2) is 41.1 Å². The fourth-order valence-electron chi connectivity index (χ4n) is 3.24. The molecule has 4 heteroatoms. The van der Waals surface area contributed by atoms with Crippen LogP contribution in [0.15, 0.2) is 6.20 Å². The van der Waals surface area contributed by atoms with Crippen molar-refractivity contribution < 1.29 is 0 Å². The molecule has 1 aromatic rings. The Morgan fingerprint density at radius 2 is 1.95 bits per heavy atom. The molecule has 1 unspecified atom stereocenters. The first-order valence-corrected chi connectivity index (χ1v) is 8.44. The smallest absolute Gasteiger partial charge is 0.203 e. The molecule has 0 saturated heterocycles. The topological polar surface area (TPSA) is 33.1 Å². The fraction of sp³-hybridized carbons (Fsp3) is 0.824. The molecule has 1 saturated carbocycles. The van der Waals surface area contributed by atoms with Crippen LogP contribution in [0.5, 0.6) is 0 Å². The Balaban J connectivity index is 2.14. The summed E-state index contributed by atoms with van der Waals surface area (Å²) in [4.78, 5) is 7.00. The zero-order valence-electron chi connectivity index (χ0n) is 14.4. The van der Waals surface area contributed by atoms with E-state index in [1.807, 2.05) is 0 Å². The van der Waals surface area contributed by atoms with E-state index in [9.17, 15) is 0 Å². The van der Waals surface area contributed by atoms with Crippen molar-refractivity contribution in [2.45, 2.75) is 65.0 Å². The molecule has 0 spiro atoms. The zero-order valence-corrected chi connectivity index (χ0v) is 14.4. The third-order valence-electron chi connectivity index (χ3n) is 4.50. The zero-order chi connectivity index (χ0) is 15.4. The van der Waals surface area contributed by atoms with Crippen molar-refractivity contribution in [3.05, 3.63) is 11.9 Å². The number of nitrogens with zero attached hydrogens (tertiary/aromatic N) is 3. The highest BCUT2D eigenvalue weighted by molar-refractivity contribution is 5.31. The Bertz CT molecular complexity index is 430. The van der Waals surface area contributed by atoms with Crippen molar-refractivity contribution in [3.63, 3.8) is 0 Å². The largest absolute Gasteiger partial charge is 0.351 e. The Morgan fingerprint density at radius 3 is 2.52 bits per heavy atom.